The molecule has 0 N–H and O–H groups in total. The first-order valence-electron chi connectivity index (χ1n) is 11.9. The molecule has 0 saturated carbocycles. The fourth-order valence-electron chi connectivity index (χ4n) is 4.33. The molecule has 3 aromatic rings. The first-order chi connectivity index (χ1) is 16.7. The average molecular weight is 492 g/mol. The van der Waals surface area contributed by atoms with Gasteiger partial charge in [0, 0.05) is 38.3 Å². The van der Waals surface area contributed by atoms with E-state index >= 15 is 0 Å². The Hall–Kier alpha value is -3.16. The van der Waals surface area contributed by atoms with E-state index in [1.54, 1.807) is 12.1 Å². The zero-order valence-electron chi connectivity index (χ0n) is 20.6. The van der Waals surface area contributed by atoms with E-state index in [1.807, 2.05) is 55.1 Å². The number of benzene rings is 3. The molecule has 6 nitrogen and oxygen atoms in total. The van der Waals surface area contributed by atoms with Crippen LogP contribution in [0.3, 0.4) is 0 Å². The van der Waals surface area contributed by atoms with Crippen LogP contribution >= 0.6 is 0 Å². The molecule has 0 aromatic heterocycles. The molecule has 1 saturated heterocycles. The molecule has 0 bridgehead atoms. The minimum atomic E-state index is -3.46. The van der Waals surface area contributed by atoms with Crippen molar-refractivity contribution < 1.29 is 13.2 Å². The molecule has 0 atom stereocenters. The van der Waals surface area contributed by atoms with E-state index in [4.69, 9.17) is 0 Å². The lowest BCUT2D eigenvalue weighted by Crippen LogP contribution is -2.48. The second kappa shape index (κ2) is 10.6. The third kappa shape index (κ3) is 6.29. The Balaban J connectivity index is 1.39. The van der Waals surface area contributed by atoms with Crippen LogP contribution < -0.4 is 4.31 Å². The molecule has 184 valence electrons. The Morgan fingerprint density at radius 1 is 0.829 bits per heavy atom. The lowest BCUT2D eigenvalue weighted by atomic mass is 10.1. The lowest BCUT2D eigenvalue weighted by Gasteiger charge is -2.34. The third-order valence-corrected chi connectivity index (χ3v) is 7.75. The molecule has 0 spiro atoms. The van der Waals surface area contributed by atoms with Crippen molar-refractivity contribution in [3.63, 3.8) is 0 Å². The number of hydrogen-bond donors (Lipinski definition) is 0. The van der Waals surface area contributed by atoms with E-state index in [0.717, 1.165) is 36.3 Å². The van der Waals surface area contributed by atoms with Crippen molar-refractivity contribution in [1.29, 1.82) is 0 Å². The number of nitrogens with zero attached hydrogens (tertiary/aromatic N) is 3. The van der Waals surface area contributed by atoms with Crippen molar-refractivity contribution in [2.45, 2.75) is 26.9 Å². The number of carbonyl (C=O) groups excluding carboxylic acids is 1. The summed E-state index contributed by atoms with van der Waals surface area (Å²) in [4.78, 5) is 17.3. The summed E-state index contributed by atoms with van der Waals surface area (Å²) in [6, 6.07) is 23.3. The van der Waals surface area contributed by atoms with Gasteiger partial charge in [0.15, 0.2) is 0 Å². The molecule has 1 aliphatic rings. The maximum atomic E-state index is 13.0. The minimum Gasteiger partial charge on any atom is -0.336 e. The number of rotatable bonds is 7. The number of piperazine rings is 1. The van der Waals surface area contributed by atoms with Crippen LogP contribution in [0, 0.1) is 13.8 Å². The van der Waals surface area contributed by atoms with Crippen molar-refractivity contribution in [2.24, 2.45) is 0 Å². The Morgan fingerprint density at radius 3 is 2.09 bits per heavy atom. The SMILES string of the molecule is Cc1ccc(N(Cc2ccc(C(=O)N3CCN(Cc4ccccc4)CC3)cc2)S(C)(=O)=O)cc1C. The van der Waals surface area contributed by atoms with E-state index < -0.39 is 10.0 Å². The zero-order valence-corrected chi connectivity index (χ0v) is 21.5. The summed E-state index contributed by atoms with van der Waals surface area (Å²) >= 11 is 0. The molecule has 0 radical (unpaired) electrons. The van der Waals surface area contributed by atoms with Crippen LogP contribution in [0.2, 0.25) is 0 Å². The predicted octanol–water partition coefficient (Wildman–Crippen LogP) is 4.23. The normalized spacial score (nSPS) is 14.7. The van der Waals surface area contributed by atoms with Crippen LogP contribution in [0.5, 0.6) is 0 Å². The molecular formula is C28H33N3O3S. The third-order valence-electron chi connectivity index (χ3n) is 6.61. The van der Waals surface area contributed by atoms with Crippen LogP contribution in [0.25, 0.3) is 0 Å². The van der Waals surface area contributed by atoms with E-state index in [-0.39, 0.29) is 12.5 Å². The maximum absolute atomic E-state index is 13.0. The van der Waals surface area contributed by atoms with Crippen LogP contribution in [0.4, 0.5) is 5.69 Å². The molecule has 4 rings (SSSR count). The van der Waals surface area contributed by atoms with Gasteiger partial charge in [0.2, 0.25) is 10.0 Å². The summed E-state index contributed by atoms with van der Waals surface area (Å²) < 4.78 is 26.4. The standard InChI is InChI=1S/C28H33N3O3S/c1-22-9-14-27(19-23(22)2)31(35(3,33)34)21-25-10-12-26(13-11-25)28(32)30-17-15-29(16-18-30)20-24-7-5-4-6-8-24/h4-14,19H,15-18,20-21H2,1-3H3. The van der Waals surface area contributed by atoms with Gasteiger partial charge in [0.25, 0.3) is 5.91 Å². The topological polar surface area (TPSA) is 60.9 Å². The van der Waals surface area contributed by atoms with Crippen LogP contribution in [-0.4, -0.2) is 56.6 Å². The average Bonchev–Trinajstić information content (AvgIpc) is 2.85. The molecule has 1 fully saturated rings. The summed E-state index contributed by atoms with van der Waals surface area (Å²) in [7, 11) is -3.46. The van der Waals surface area contributed by atoms with Crippen molar-refractivity contribution in [2.75, 3.05) is 36.7 Å². The van der Waals surface area contributed by atoms with Gasteiger partial charge in [-0.15, -0.1) is 0 Å². The number of carbonyl (C=O) groups is 1. The Kier molecular flexibility index (Phi) is 7.57. The van der Waals surface area contributed by atoms with Gasteiger partial charge in [-0.1, -0.05) is 48.5 Å². The highest BCUT2D eigenvalue weighted by Crippen LogP contribution is 2.24. The molecule has 1 heterocycles. The first-order valence-corrected chi connectivity index (χ1v) is 13.7. The quantitative estimate of drug-likeness (QED) is 0.496. The summed E-state index contributed by atoms with van der Waals surface area (Å²) in [6.07, 6.45) is 1.22. The molecule has 7 heteroatoms. The van der Waals surface area contributed by atoms with E-state index in [2.05, 4.69) is 29.2 Å². The summed E-state index contributed by atoms with van der Waals surface area (Å²) in [5.41, 5.74) is 5.54. The van der Waals surface area contributed by atoms with Crippen molar-refractivity contribution in [3.05, 3.63) is 101 Å². The number of hydrogen-bond acceptors (Lipinski definition) is 4. The largest absolute Gasteiger partial charge is 0.336 e. The van der Waals surface area contributed by atoms with Crippen molar-refractivity contribution in [3.8, 4) is 0 Å². The molecule has 1 amide bonds. The number of anilines is 1. The van der Waals surface area contributed by atoms with Gasteiger partial charge in [-0.3, -0.25) is 14.0 Å². The molecule has 0 unspecified atom stereocenters. The fourth-order valence-corrected chi connectivity index (χ4v) is 5.21. The van der Waals surface area contributed by atoms with Gasteiger partial charge in [-0.2, -0.15) is 0 Å². The van der Waals surface area contributed by atoms with Crippen LogP contribution in [0.15, 0.2) is 72.8 Å². The summed E-state index contributed by atoms with van der Waals surface area (Å²) in [6.45, 7) is 8.17. The van der Waals surface area contributed by atoms with Crippen molar-refractivity contribution in [1.82, 2.24) is 9.80 Å². The Morgan fingerprint density at radius 2 is 1.49 bits per heavy atom. The second-order valence-corrected chi connectivity index (χ2v) is 11.2. The molecule has 35 heavy (non-hydrogen) atoms. The minimum absolute atomic E-state index is 0.0186. The first kappa shape index (κ1) is 24.9. The van der Waals surface area contributed by atoms with Gasteiger partial charge >= 0.3 is 0 Å². The van der Waals surface area contributed by atoms with Gasteiger partial charge in [-0.05, 0) is 60.4 Å². The maximum Gasteiger partial charge on any atom is 0.253 e. The van der Waals surface area contributed by atoms with E-state index in [0.29, 0.717) is 24.3 Å². The predicted molar refractivity (Wildman–Crippen MR) is 141 cm³/mol. The Labute approximate surface area is 208 Å². The van der Waals surface area contributed by atoms with E-state index in [1.165, 1.54) is 16.1 Å². The Bertz CT molecular complexity index is 1270. The number of amides is 1. The molecule has 3 aromatic carbocycles. The van der Waals surface area contributed by atoms with Gasteiger partial charge < -0.3 is 4.90 Å². The number of sulfonamides is 1. The zero-order chi connectivity index (χ0) is 25.0. The highest BCUT2D eigenvalue weighted by Gasteiger charge is 2.23. The van der Waals surface area contributed by atoms with Crippen molar-refractivity contribution >= 4 is 21.6 Å². The molecule has 0 aliphatic carbocycles. The van der Waals surface area contributed by atoms with Gasteiger partial charge in [-0.25, -0.2) is 8.42 Å². The highest BCUT2D eigenvalue weighted by atomic mass is 32.2. The van der Waals surface area contributed by atoms with Gasteiger partial charge in [0.1, 0.15) is 0 Å². The van der Waals surface area contributed by atoms with Gasteiger partial charge in [0.05, 0.1) is 18.5 Å². The van der Waals surface area contributed by atoms with Crippen LogP contribution in [0.1, 0.15) is 32.6 Å². The summed E-state index contributed by atoms with van der Waals surface area (Å²) in [5.74, 6) is 0.0186. The highest BCUT2D eigenvalue weighted by molar-refractivity contribution is 7.92. The molecular weight excluding hydrogens is 458 g/mol. The molecule has 1 aliphatic heterocycles. The van der Waals surface area contributed by atoms with E-state index in [9.17, 15) is 13.2 Å². The smallest absolute Gasteiger partial charge is 0.253 e. The fraction of sp³-hybridized carbons (Fsp3) is 0.321. The summed E-state index contributed by atoms with van der Waals surface area (Å²) in [5, 5.41) is 0. The monoisotopic (exact) mass is 491 g/mol. The lowest BCUT2D eigenvalue weighted by molar-refractivity contribution is 0.0628. The number of aryl methyl sites for hydroxylation is 2. The second-order valence-electron chi connectivity index (χ2n) is 9.29. The van der Waals surface area contributed by atoms with Crippen LogP contribution in [-0.2, 0) is 23.1 Å².